The van der Waals surface area contributed by atoms with Crippen LogP contribution in [0.2, 0.25) is 0 Å². The van der Waals surface area contributed by atoms with Crippen LogP contribution in [-0.4, -0.2) is 32.8 Å². The number of ether oxygens (including phenoxy) is 1. The van der Waals surface area contributed by atoms with Crippen LogP contribution in [0, 0.1) is 6.92 Å². The molecule has 0 unspecified atom stereocenters. The summed E-state index contributed by atoms with van der Waals surface area (Å²) in [7, 11) is 1.53. The maximum Gasteiger partial charge on any atom is 0.252 e. The van der Waals surface area contributed by atoms with E-state index >= 15 is 0 Å². The largest absolute Gasteiger partial charge is 0.378 e. The number of aromatic nitrogens is 4. The van der Waals surface area contributed by atoms with E-state index in [1.54, 1.807) is 17.5 Å². The number of nitrogens with two attached hydrogens (primary N) is 1. The number of hydrogen-bond acceptors (Lipinski definition) is 6. The standard InChI is InChI=1S/C15H15N5O2S/c1-9-6-17-15(18-13(9)12-4-3-5-23-12)20-7-10(14(16)21)11(19-20)8-22-2/h3-7H,8H2,1-2H3,(H2,16,21). The average molecular weight is 329 g/mol. The van der Waals surface area contributed by atoms with E-state index in [4.69, 9.17) is 10.5 Å². The molecule has 0 spiro atoms. The van der Waals surface area contributed by atoms with Crippen molar-refractivity contribution in [2.75, 3.05) is 7.11 Å². The van der Waals surface area contributed by atoms with Gasteiger partial charge in [-0.2, -0.15) is 5.10 Å². The number of thiophene rings is 1. The van der Waals surface area contributed by atoms with Crippen LogP contribution < -0.4 is 5.73 Å². The van der Waals surface area contributed by atoms with E-state index in [9.17, 15) is 4.79 Å². The Hall–Kier alpha value is -2.58. The molecule has 3 aromatic rings. The first-order valence-corrected chi connectivity index (χ1v) is 7.73. The van der Waals surface area contributed by atoms with E-state index in [0.29, 0.717) is 17.2 Å². The second-order valence-electron chi connectivity index (χ2n) is 4.91. The minimum atomic E-state index is -0.561. The summed E-state index contributed by atoms with van der Waals surface area (Å²) in [6.07, 6.45) is 3.26. The van der Waals surface area contributed by atoms with E-state index in [-0.39, 0.29) is 6.61 Å². The van der Waals surface area contributed by atoms with Gasteiger partial charge >= 0.3 is 0 Å². The predicted octanol–water partition coefficient (Wildman–Crippen LogP) is 1.94. The van der Waals surface area contributed by atoms with Gasteiger partial charge in [-0.05, 0) is 23.9 Å². The molecule has 7 nitrogen and oxygen atoms in total. The van der Waals surface area contributed by atoms with Crippen molar-refractivity contribution in [3.63, 3.8) is 0 Å². The number of primary amides is 1. The molecule has 0 fully saturated rings. The summed E-state index contributed by atoms with van der Waals surface area (Å²) in [6.45, 7) is 2.14. The summed E-state index contributed by atoms with van der Waals surface area (Å²) < 4.78 is 6.50. The summed E-state index contributed by atoms with van der Waals surface area (Å²) in [4.78, 5) is 21.4. The first-order chi connectivity index (χ1) is 11.1. The van der Waals surface area contributed by atoms with Crippen LogP contribution in [0.3, 0.4) is 0 Å². The molecule has 8 heteroatoms. The lowest BCUT2D eigenvalue weighted by Crippen LogP contribution is -2.12. The highest BCUT2D eigenvalue weighted by molar-refractivity contribution is 7.13. The highest BCUT2D eigenvalue weighted by Gasteiger charge is 2.16. The number of nitrogens with zero attached hydrogens (tertiary/aromatic N) is 4. The van der Waals surface area contributed by atoms with Gasteiger partial charge in [0.25, 0.3) is 11.9 Å². The minimum Gasteiger partial charge on any atom is -0.378 e. The highest BCUT2D eigenvalue weighted by atomic mass is 32.1. The third-order valence-corrected chi connectivity index (χ3v) is 4.13. The molecule has 1 amide bonds. The Kier molecular flexibility index (Phi) is 4.18. The molecular formula is C15H15N5O2S. The molecule has 118 valence electrons. The van der Waals surface area contributed by atoms with Gasteiger partial charge in [-0.15, -0.1) is 11.3 Å². The normalized spacial score (nSPS) is 10.9. The molecule has 3 rings (SSSR count). The third kappa shape index (κ3) is 2.99. The van der Waals surface area contributed by atoms with Crippen LogP contribution in [-0.2, 0) is 11.3 Å². The monoisotopic (exact) mass is 329 g/mol. The van der Waals surface area contributed by atoms with Crippen molar-refractivity contribution in [3.8, 4) is 16.5 Å². The van der Waals surface area contributed by atoms with E-state index in [2.05, 4.69) is 15.1 Å². The maximum atomic E-state index is 11.5. The van der Waals surface area contributed by atoms with Gasteiger partial charge in [0, 0.05) is 19.5 Å². The molecular weight excluding hydrogens is 314 g/mol. The summed E-state index contributed by atoms with van der Waals surface area (Å²) in [5.74, 6) is -0.183. The fraction of sp³-hybridized carbons (Fsp3) is 0.200. The number of carbonyl (C=O) groups excluding carboxylic acids is 1. The number of rotatable bonds is 5. The summed E-state index contributed by atoms with van der Waals surface area (Å²) in [5.41, 5.74) is 7.95. The summed E-state index contributed by atoms with van der Waals surface area (Å²) in [6, 6.07) is 3.97. The molecule has 0 saturated carbocycles. The van der Waals surface area contributed by atoms with Crippen LogP contribution in [0.4, 0.5) is 0 Å². The molecule has 0 aromatic carbocycles. The lowest BCUT2D eigenvalue weighted by molar-refractivity contribution is 0.0995. The van der Waals surface area contributed by atoms with Crippen molar-refractivity contribution in [1.82, 2.24) is 19.7 Å². The van der Waals surface area contributed by atoms with Crippen LogP contribution >= 0.6 is 11.3 Å². The Morgan fingerprint density at radius 3 is 2.96 bits per heavy atom. The van der Waals surface area contributed by atoms with Gasteiger partial charge in [0.2, 0.25) is 0 Å². The smallest absolute Gasteiger partial charge is 0.252 e. The highest BCUT2D eigenvalue weighted by Crippen LogP contribution is 2.26. The van der Waals surface area contributed by atoms with Crippen molar-refractivity contribution in [1.29, 1.82) is 0 Å². The number of carbonyl (C=O) groups is 1. The third-order valence-electron chi connectivity index (χ3n) is 3.26. The van der Waals surface area contributed by atoms with Crippen LogP contribution in [0.15, 0.2) is 29.9 Å². The quantitative estimate of drug-likeness (QED) is 0.772. The molecule has 23 heavy (non-hydrogen) atoms. The van der Waals surface area contributed by atoms with Gasteiger partial charge in [0.1, 0.15) is 5.69 Å². The zero-order valence-electron chi connectivity index (χ0n) is 12.7. The lowest BCUT2D eigenvalue weighted by Gasteiger charge is -2.05. The van der Waals surface area contributed by atoms with E-state index in [0.717, 1.165) is 16.1 Å². The summed E-state index contributed by atoms with van der Waals surface area (Å²) >= 11 is 1.60. The predicted molar refractivity (Wildman–Crippen MR) is 86.4 cm³/mol. The molecule has 3 heterocycles. The Morgan fingerprint density at radius 1 is 1.48 bits per heavy atom. The number of aryl methyl sites for hydroxylation is 1. The molecule has 0 saturated heterocycles. The van der Waals surface area contributed by atoms with E-state index in [1.165, 1.54) is 18.0 Å². The fourth-order valence-electron chi connectivity index (χ4n) is 2.17. The molecule has 3 aromatic heterocycles. The van der Waals surface area contributed by atoms with E-state index < -0.39 is 5.91 Å². The number of methoxy groups -OCH3 is 1. The van der Waals surface area contributed by atoms with Crippen LogP contribution in [0.5, 0.6) is 0 Å². The zero-order valence-corrected chi connectivity index (χ0v) is 13.5. The van der Waals surface area contributed by atoms with Crippen molar-refractivity contribution >= 4 is 17.2 Å². The van der Waals surface area contributed by atoms with Gasteiger partial charge < -0.3 is 10.5 Å². The second-order valence-corrected chi connectivity index (χ2v) is 5.86. The van der Waals surface area contributed by atoms with E-state index in [1.807, 2.05) is 24.4 Å². The van der Waals surface area contributed by atoms with Gasteiger partial charge in [0.15, 0.2) is 0 Å². The average Bonchev–Trinajstić information content (AvgIpc) is 3.17. The SMILES string of the molecule is COCc1nn(-c2ncc(C)c(-c3cccs3)n2)cc1C(N)=O. The van der Waals surface area contributed by atoms with Crippen LogP contribution in [0.25, 0.3) is 16.5 Å². The fourth-order valence-corrected chi connectivity index (χ4v) is 2.95. The summed E-state index contributed by atoms with van der Waals surface area (Å²) in [5, 5.41) is 6.31. The Bertz CT molecular complexity index is 842. The molecule has 2 N–H and O–H groups in total. The van der Waals surface area contributed by atoms with Gasteiger partial charge in [0.05, 0.1) is 22.7 Å². The maximum absolute atomic E-state index is 11.5. The molecule has 0 bridgehead atoms. The second kappa shape index (κ2) is 6.27. The minimum absolute atomic E-state index is 0.189. The topological polar surface area (TPSA) is 95.9 Å². The van der Waals surface area contributed by atoms with Gasteiger partial charge in [-0.3, -0.25) is 4.79 Å². The molecule has 0 radical (unpaired) electrons. The Morgan fingerprint density at radius 2 is 2.30 bits per heavy atom. The zero-order chi connectivity index (χ0) is 16.4. The molecule has 0 atom stereocenters. The molecule has 0 aliphatic carbocycles. The van der Waals surface area contributed by atoms with Crippen molar-refractivity contribution in [2.24, 2.45) is 5.73 Å². The van der Waals surface area contributed by atoms with Crippen LogP contribution in [0.1, 0.15) is 21.6 Å². The first kappa shape index (κ1) is 15.3. The Balaban J connectivity index is 2.07. The number of amides is 1. The Labute approximate surface area is 136 Å². The molecule has 0 aliphatic rings. The van der Waals surface area contributed by atoms with Gasteiger partial charge in [-0.25, -0.2) is 14.6 Å². The van der Waals surface area contributed by atoms with Gasteiger partial charge in [-0.1, -0.05) is 6.07 Å². The lowest BCUT2D eigenvalue weighted by atomic mass is 10.2. The van der Waals surface area contributed by atoms with Crippen molar-refractivity contribution in [3.05, 3.63) is 46.7 Å². The number of hydrogen-bond donors (Lipinski definition) is 1. The van der Waals surface area contributed by atoms with Crippen molar-refractivity contribution < 1.29 is 9.53 Å². The van der Waals surface area contributed by atoms with Crippen molar-refractivity contribution in [2.45, 2.75) is 13.5 Å². The first-order valence-electron chi connectivity index (χ1n) is 6.85. The molecule has 0 aliphatic heterocycles.